The summed E-state index contributed by atoms with van der Waals surface area (Å²) < 4.78 is 11.0. The Morgan fingerprint density at radius 3 is 2.59 bits per heavy atom. The first-order chi connectivity index (χ1) is 8.02. The van der Waals surface area contributed by atoms with Crippen molar-refractivity contribution in [2.45, 2.75) is 26.7 Å². The molecule has 2 rings (SSSR count). The van der Waals surface area contributed by atoms with Crippen LogP contribution in [0.5, 0.6) is 11.5 Å². The van der Waals surface area contributed by atoms with Gasteiger partial charge in [0.05, 0.1) is 5.02 Å². The number of rotatable bonds is 2. The van der Waals surface area contributed by atoms with Gasteiger partial charge in [-0.2, -0.15) is 0 Å². The zero-order valence-electron chi connectivity index (χ0n) is 10.2. The highest BCUT2D eigenvalue weighted by molar-refractivity contribution is 6.33. The molecule has 0 saturated heterocycles. The number of carbonyl (C=O) groups is 1. The number of fused-ring (bicyclic) bond motifs is 1. The Kier molecular flexibility index (Phi) is 3.29. The molecular formula is C13H15ClO3. The van der Waals surface area contributed by atoms with E-state index in [1.54, 1.807) is 6.07 Å². The van der Waals surface area contributed by atoms with E-state index in [1.807, 2.05) is 13.8 Å². The highest BCUT2D eigenvalue weighted by Gasteiger charge is 2.24. The maximum absolute atomic E-state index is 11.7. The molecule has 0 atom stereocenters. The van der Waals surface area contributed by atoms with Gasteiger partial charge in [0.2, 0.25) is 0 Å². The average Bonchev–Trinajstić information content (AvgIpc) is 2.28. The fourth-order valence-corrected chi connectivity index (χ4v) is 2.48. The molecule has 0 saturated carbocycles. The van der Waals surface area contributed by atoms with Crippen molar-refractivity contribution < 1.29 is 14.3 Å². The van der Waals surface area contributed by atoms with Gasteiger partial charge in [0.25, 0.3) is 0 Å². The summed E-state index contributed by atoms with van der Waals surface area (Å²) >= 11 is 6.31. The van der Waals surface area contributed by atoms with Gasteiger partial charge >= 0.3 is 0 Å². The van der Waals surface area contributed by atoms with Crippen molar-refractivity contribution in [2.75, 3.05) is 13.2 Å². The molecule has 0 spiro atoms. The molecule has 3 nitrogen and oxygen atoms in total. The van der Waals surface area contributed by atoms with Crippen LogP contribution in [0.15, 0.2) is 6.07 Å². The lowest BCUT2D eigenvalue weighted by molar-refractivity contribution is 0.101. The Morgan fingerprint density at radius 1 is 1.35 bits per heavy atom. The lowest BCUT2D eigenvalue weighted by Gasteiger charge is -2.23. The lowest BCUT2D eigenvalue weighted by atomic mass is 9.94. The van der Waals surface area contributed by atoms with E-state index in [0.29, 0.717) is 35.3 Å². The van der Waals surface area contributed by atoms with Crippen molar-refractivity contribution in [1.29, 1.82) is 0 Å². The minimum atomic E-state index is -0.00688. The number of halogens is 1. The quantitative estimate of drug-likeness (QED) is 0.759. The summed E-state index contributed by atoms with van der Waals surface area (Å²) in [6.45, 7) is 6.52. The Balaban J connectivity index is 2.67. The summed E-state index contributed by atoms with van der Waals surface area (Å²) in [7, 11) is 0. The topological polar surface area (TPSA) is 35.5 Å². The van der Waals surface area contributed by atoms with Crippen molar-refractivity contribution in [1.82, 2.24) is 0 Å². The number of ketones is 1. The van der Waals surface area contributed by atoms with Crippen LogP contribution >= 0.6 is 11.6 Å². The summed E-state index contributed by atoms with van der Waals surface area (Å²) in [5, 5.41) is 0.502. The number of hydrogen-bond acceptors (Lipinski definition) is 3. The van der Waals surface area contributed by atoms with Gasteiger partial charge in [-0.05, 0) is 24.5 Å². The zero-order valence-corrected chi connectivity index (χ0v) is 10.9. The van der Waals surface area contributed by atoms with Crippen LogP contribution in [0.2, 0.25) is 5.02 Å². The molecule has 0 aromatic heterocycles. The van der Waals surface area contributed by atoms with E-state index >= 15 is 0 Å². The molecule has 17 heavy (non-hydrogen) atoms. The van der Waals surface area contributed by atoms with Crippen LogP contribution in [0.1, 0.15) is 42.6 Å². The molecule has 1 heterocycles. The molecule has 4 heteroatoms. The summed E-state index contributed by atoms with van der Waals surface area (Å²) in [6.07, 6.45) is 0. The summed E-state index contributed by atoms with van der Waals surface area (Å²) in [4.78, 5) is 11.7. The Morgan fingerprint density at radius 2 is 2.00 bits per heavy atom. The maximum Gasteiger partial charge on any atom is 0.180 e. The second-order valence-electron chi connectivity index (χ2n) is 4.39. The first-order valence-corrected chi connectivity index (χ1v) is 6.03. The molecule has 1 aromatic rings. The summed E-state index contributed by atoms with van der Waals surface area (Å²) in [6, 6.07) is 1.73. The number of carbonyl (C=O) groups excluding carboxylic acids is 1. The van der Waals surface area contributed by atoms with Crippen molar-refractivity contribution in [3.63, 3.8) is 0 Å². The molecule has 0 N–H and O–H groups in total. The molecule has 0 aliphatic carbocycles. The van der Waals surface area contributed by atoms with E-state index in [-0.39, 0.29) is 11.7 Å². The largest absolute Gasteiger partial charge is 0.486 e. The molecular weight excluding hydrogens is 240 g/mol. The Labute approximate surface area is 106 Å². The minimum absolute atomic E-state index is 0.00688. The van der Waals surface area contributed by atoms with Crippen molar-refractivity contribution in [2.24, 2.45) is 0 Å². The van der Waals surface area contributed by atoms with Crippen LogP contribution in [-0.2, 0) is 0 Å². The molecule has 0 amide bonds. The smallest absolute Gasteiger partial charge is 0.180 e. The van der Waals surface area contributed by atoms with Gasteiger partial charge in [0, 0.05) is 5.56 Å². The average molecular weight is 255 g/mol. The third-order valence-corrected chi connectivity index (χ3v) is 3.14. The van der Waals surface area contributed by atoms with E-state index in [0.717, 1.165) is 5.56 Å². The second kappa shape index (κ2) is 4.57. The number of Topliss-reactive ketones (excluding diaryl/α,β-unsaturated/α-hetero) is 1. The third kappa shape index (κ3) is 2.12. The van der Waals surface area contributed by atoms with Crippen LogP contribution in [0.4, 0.5) is 0 Å². The number of benzene rings is 1. The van der Waals surface area contributed by atoms with Gasteiger partial charge in [-0.3, -0.25) is 4.79 Å². The summed E-state index contributed by atoms with van der Waals surface area (Å²) in [5.41, 5.74) is 1.46. The van der Waals surface area contributed by atoms with Gasteiger partial charge in [0.1, 0.15) is 13.2 Å². The third-order valence-electron chi connectivity index (χ3n) is 2.77. The fourth-order valence-electron chi connectivity index (χ4n) is 2.02. The van der Waals surface area contributed by atoms with Crippen LogP contribution < -0.4 is 9.47 Å². The number of hydrogen-bond donors (Lipinski definition) is 0. The van der Waals surface area contributed by atoms with Gasteiger partial charge < -0.3 is 9.47 Å². The number of ether oxygens (including phenoxy) is 2. The van der Waals surface area contributed by atoms with E-state index in [4.69, 9.17) is 21.1 Å². The Hall–Kier alpha value is -1.22. The van der Waals surface area contributed by atoms with Crippen molar-refractivity contribution in [3.05, 3.63) is 22.2 Å². The lowest BCUT2D eigenvalue weighted by Crippen LogP contribution is -2.17. The SMILES string of the molecule is CC(=O)c1cc2c(c(Cl)c1C(C)C)OCCO2. The zero-order chi connectivity index (χ0) is 12.6. The minimum Gasteiger partial charge on any atom is -0.486 e. The molecule has 1 aromatic carbocycles. The van der Waals surface area contributed by atoms with Crippen LogP contribution in [0.25, 0.3) is 0 Å². The highest BCUT2D eigenvalue weighted by atomic mass is 35.5. The maximum atomic E-state index is 11.7. The first-order valence-electron chi connectivity index (χ1n) is 5.65. The molecule has 1 aliphatic rings. The Bertz CT molecular complexity index is 466. The molecule has 0 bridgehead atoms. The van der Waals surface area contributed by atoms with E-state index in [1.165, 1.54) is 6.92 Å². The van der Waals surface area contributed by atoms with Gasteiger partial charge in [-0.1, -0.05) is 25.4 Å². The fraction of sp³-hybridized carbons (Fsp3) is 0.462. The monoisotopic (exact) mass is 254 g/mol. The van der Waals surface area contributed by atoms with E-state index in [2.05, 4.69) is 0 Å². The van der Waals surface area contributed by atoms with Crippen molar-refractivity contribution in [3.8, 4) is 11.5 Å². The molecule has 0 radical (unpaired) electrons. The van der Waals surface area contributed by atoms with Crippen LogP contribution in [0.3, 0.4) is 0 Å². The van der Waals surface area contributed by atoms with E-state index < -0.39 is 0 Å². The molecule has 92 valence electrons. The van der Waals surface area contributed by atoms with Gasteiger partial charge in [-0.15, -0.1) is 0 Å². The predicted molar refractivity (Wildman–Crippen MR) is 66.5 cm³/mol. The first kappa shape index (κ1) is 12.2. The highest BCUT2D eigenvalue weighted by Crippen LogP contribution is 2.44. The predicted octanol–water partition coefficient (Wildman–Crippen LogP) is 3.44. The van der Waals surface area contributed by atoms with E-state index in [9.17, 15) is 4.79 Å². The summed E-state index contributed by atoms with van der Waals surface area (Å²) in [5.74, 6) is 1.28. The van der Waals surface area contributed by atoms with Gasteiger partial charge in [-0.25, -0.2) is 0 Å². The molecule has 1 aliphatic heterocycles. The normalized spacial score (nSPS) is 13.9. The van der Waals surface area contributed by atoms with Crippen LogP contribution in [-0.4, -0.2) is 19.0 Å². The van der Waals surface area contributed by atoms with Gasteiger partial charge in [0.15, 0.2) is 17.3 Å². The van der Waals surface area contributed by atoms with Crippen LogP contribution in [0, 0.1) is 0 Å². The molecule has 0 unspecified atom stereocenters. The van der Waals surface area contributed by atoms with Crippen molar-refractivity contribution >= 4 is 17.4 Å². The standard InChI is InChI=1S/C13H15ClO3/c1-7(2)11-9(8(3)15)6-10-13(12(11)14)17-5-4-16-10/h6-7H,4-5H2,1-3H3. The molecule has 0 fully saturated rings. The second-order valence-corrected chi connectivity index (χ2v) is 4.76.